The number of hydrogen-bond acceptors (Lipinski definition) is 1. The van der Waals surface area contributed by atoms with Gasteiger partial charge in [-0.3, -0.25) is 0 Å². The van der Waals surface area contributed by atoms with Crippen LogP contribution in [-0.4, -0.2) is 0 Å². The Labute approximate surface area is 65.6 Å². The van der Waals surface area contributed by atoms with E-state index in [9.17, 15) is 0 Å². The van der Waals surface area contributed by atoms with Gasteiger partial charge in [0.05, 0.1) is 6.26 Å². The maximum atomic E-state index is 5.23. The highest BCUT2D eigenvalue weighted by Gasteiger charge is 1.99. The molecule has 55 valence electrons. The van der Waals surface area contributed by atoms with Gasteiger partial charge in [0.15, 0.2) is 0 Å². The van der Waals surface area contributed by atoms with Crippen LogP contribution in [0.25, 0.3) is 11.0 Å². The summed E-state index contributed by atoms with van der Waals surface area (Å²) in [4.78, 5) is 0. The zero-order valence-electron chi connectivity index (χ0n) is 6.21. The van der Waals surface area contributed by atoms with Crippen LogP contribution in [-0.2, 0) is 6.42 Å². The van der Waals surface area contributed by atoms with Gasteiger partial charge in [-0.2, -0.15) is 0 Å². The second kappa shape index (κ2) is 2.42. The van der Waals surface area contributed by atoms with Gasteiger partial charge in [0, 0.05) is 5.39 Å². The van der Waals surface area contributed by atoms with E-state index in [-0.39, 0.29) is 0 Å². The molecule has 0 aliphatic carbocycles. The van der Waals surface area contributed by atoms with E-state index in [4.69, 9.17) is 4.42 Å². The molecule has 0 fully saturated rings. The lowest BCUT2D eigenvalue weighted by molar-refractivity contribution is 0.616. The van der Waals surface area contributed by atoms with Crippen molar-refractivity contribution in [2.45, 2.75) is 6.42 Å². The second-order valence-electron chi connectivity index (χ2n) is 2.50. The molecule has 0 aliphatic heterocycles. The molecule has 0 N–H and O–H groups in total. The molecular weight excluding hydrogens is 136 g/mol. The highest BCUT2D eigenvalue weighted by Crippen LogP contribution is 2.19. The van der Waals surface area contributed by atoms with Crippen molar-refractivity contribution in [3.05, 3.63) is 43.0 Å². The average molecular weight is 145 g/mol. The van der Waals surface area contributed by atoms with Crippen LogP contribution in [0.5, 0.6) is 0 Å². The Bertz CT molecular complexity index is 360. The van der Waals surface area contributed by atoms with Crippen molar-refractivity contribution in [3.63, 3.8) is 0 Å². The number of fused-ring (bicyclic) bond motifs is 1. The van der Waals surface area contributed by atoms with E-state index in [1.807, 2.05) is 18.2 Å². The molecule has 1 radical (unpaired) electrons. The van der Waals surface area contributed by atoms with Crippen molar-refractivity contribution in [1.82, 2.24) is 0 Å². The number of hydrogen-bond donors (Lipinski definition) is 0. The van der Waals surface area contributed by atoms with E-state index in [0.29, 0.717) is 0 Å². The van der Waals surface area contributed by atoms with E-state index >= 15 is 0 Å². The third-order valence-electron chi connectivity index (χ3n) is 1.86. The lowest BCUT2D eigenvalue weighted by atomic mass is 10.1. The molecule has 1 heterocycles. The quantitative estimate of drug-likeness (QED) is 0.601. The predicted octanol–water partition coefficient (Wildman–Crippen LogP) is 2.81. The summed E-state index contributed by atoms with van der Waals surface area (Å²) in [5.41, 5.74) is 2.20. The van der Waals surface area contributed by atoms with Gasteiger partial charge in [-0.05, 0) is 31.0 Å². The van der Waals surface area contributed by atoms with E-state index in [2.05, 4.69) is 13.0 Å². The first-order chi connectivity index (χ1) is 5.42. The molecule has 11 heavy (non-hydrogen) atoms. The molecule has 2 rings (SSSR count). The van der Waals surface area contributed by atoms with Gasteiger partial charge in [-0.1, -0.05) is 12.1 Å². The molecule has 0 unspecified atom stereocenters. The molecule has 0 amide bonds. The molecule has 0 atom stereocenters. The molecule has 1 nitrogen and oxygen atoms in total. The summed E-state index contributed by atoms with van der Waals surface area (Å²) < 4.78 is 5.23. The van der Waals surface area contributed by atoms with Crippen LogP contribution in [0.1, 0.15) is 5.56 Å². The van der Waals surface area contributed by atoms with Gasteiger partial charge in [0.25, 0.3) is 0 Å². The van der Waals surface area contributed by atoms with E-state index in [0.717, 1.165) is 12.0 Å². The molecule has 1 heteroatoms. The van der Waals surface area contributed by atoms with Crippen LogP contribution in [0.4, 0.5) is 0 Å². The van der Waals surface area contributed by atoms with Gasteiger partial charge in [0.2, 0.25) is 0 Å². The van der Waals surface area contributed by atoms with Crippen molar-refractivity contribution in [3.8, 4) is 0 Å². The first-order valence-electron chi connectivity index (χ1n) is 3.66. The largest absolute Gasteiger partial charge is 0.464 e. The van der Waals surface area contributed by atoms with Crippen LogP contribution in [0.3, 0.4) is 0 Å². The summed E-state index contributed by atoms with van der Waals surface area (Å²) in [5, 5.41) is 1.18. The summed E-state index contributed by atoms with van der Waals surface area (Å²) in [6.07, 6.45) is 2.53. The summed E-state index contributed by atoms with van der Waals surface area (Å²) in [5.74, 6) is 0. The molecule has 1 aromatic heterocycles. The fourth-order valence-electron chi connectivity index (χ4n) is 1.27. The van der Waals surface area contributed by atoms with Crippen LogP contribution in [0.15, 0.2) is 34.9 Å². The van der Waals surface area contributed by atoms with Crippen LogP contribution < -0.4 is 0 Å². The Morgan fingerprint density at radius 3 is 3.00 bits per heavy atom. The number of rotatable bonds is 1. The first kappa shape index (κ1) is 6.47. The minimum absolute atomic E-state index is 0.816. The molecule has 0 saturated heterocycles. The Hall–Kier alpha value is -1.24. The summed E-state index contributed by atoms with van der Waals surface area (Å²) >= 11 is 0. The fourth-order valence-corrected chi connectivity index (χ4v) is 1.27. The molecule has 0 bridgehead atoms. The highest BCUT2D eigenvalue weighted by atomic mass is 16.3. The summed E-state index contributed by atoms with van der Waals surface area (Å²) in [6.45, 7) is 3.84. The van der Waals surface area contributed by atoms with Crippen molar-refractivity contribution >= 4 is 11.0 Å². The van der Waals surface area contributed by atoms with Crippen molar-refractivity contribution in [2.24, 2.45) is 0 Å². The number of benzene rings is 1. The van der Waals surface area contributed by atoms with Gasteiger partial charge in [0.1, 0.15) is 5.58 Å². The van der Waals surface area contributed by atoms with E-state index in [1.54, 1.807) is 6.26 Å². The number of furan rings is 1. The van der Waals surface area contributed by atoms with E-state index in [1.165, 1.54) is 10.9 Å². The lowest BCUT2D eigenvalue weighted by Gasteiger charge is -1.95. The molecule has 0 spiro atoms. The normalized spacial score (nSPS) is 10.6. The topological polar surface area (TPSA) is 13.1 Å². The van der Waals surface area contributed by atoms with Gasteiger partial charge >= 0.3 is 0 Å². The molecular formula is C10H9O. The monoisotopic (exact) mass is 145 g/mol. The Morgan fingerprint density at radius 1 is 1.27 bits per heavy atom. The zero-order valence-corrected chi connectivity index (χ0v) is 6.21. The third-order valence-corrected chi connectivity index (χ3v) is 1.86. The minimum atomic E-state index is 0.816. The van der Waals surface area contributed by atoms with Crippen molar-refractivity contribution in [2.75, 3.05) is 0 Å². The van der Waals surface area contributed by atoms with Gasteiger partial charge in [-0.25, -0.2) is 0 Å². The first-order valence-corrected chi connectivity index (χ1v) is 3.66. The minimum Gasteiger partial charge on any atom is -0.464 e. The van der Waals surface area contributed by atoms with E-state index < -0.39 is 0 Å². The Balaban J connectivity index is 2.79. The van der Waals surface area contributed by atoms with Crippen LogP contribution in [0.2, 0.25) is 0 Å². The predicted molar refractivity (Wildman–Crippen MR) is 45.3 cm³/mol. The maximum Gasteiger partial charge on any atom is 0.134 e. The van der Waals surface area contributed by atoms with Crippen LogP contribution in [0, 0.1) is 6.92 Å². The molecule has 0 aliphatic rings. The molecule has 1 aromatic carbocycles. The van der Waals surface area contributed by atoms with Crippen LogP contribution >= 0.6 is 0 Å². The maximum absolute atomic E-state index is 5.23. The summed E-state index contributed by atoms with van der Waals surface area (Å²) in [7, 11) is 0. The van der Waals surface area contributed by atoms with Gasteiger partial charge < -0.3 is 4.42 Å². The Morgan fingerprint density at radius 2 is 2.18 bits per heavy atom. The zero-order chi connectivity index (χ0) is 7.68. The lowest BCUT2D eigenvalue weighted by Crippen LogP contribution is -1.78. The average Bonchev–Trinajstić information content (AvgIpc) is 2.50. The molecule has 2 aromatic rings. The van der Waals surface area contributed by atoms with Gasteiger partial charge in [-0.15, -0.1) is 0 Å². The second-order valence-corrected chi connectivity index (χ2v) is 2.50. The van der Waals surface area contributed by atoms with Crippen molar-refractivity contribution in [1.29, 1.82) is 0 Å². The standard InChI is InChI=1S/C10H9O/c1-2-8-4-3-5-10-9(8)6-7-11-10/h3-7H,1-2H2. The SMILES string of the molecule is [CH2]Cc1cccc2occc12. The fraction of sp³-hybridized carbons (Fsp3) is 0.100. The molecule has 0 saturated carbocycles. The Kier molecular flexibility index (Phi) is 1.42. The summed E-state index contributed by atoms with van der Waals surface area (Å²) in [6, 6.07) is 8.02. The van der Waals surface area contributed by atoms with Crippen molar-refractivity contribution < 1.29 is 4.42 Å². The highest BCUT2D eigenvalue weighted by molar-refractivity contribution is 5.80. The third kappa shape index (κ3) is 0.929. The smallest absolute Gasteiger partial charge is 0.134 e.